The number of hydrogen-bond acceptors (Lipinski definition) is 4. The molecule has 2 rings (SSSR count). The summed E-state index contributed by atoms with van der Waals surface area (Å²) in [7, 11) is 3.94. The third-order valence-corrected chi connectivity index (χ3v) is 4.52. The minimum absolute atomic E-state index is 0.280. The first-order valence-electron chi connectivity index (χ1n) is 7.80. The molecule has 19 heavy (non-hydrogen) atoms. The number of rotatable bonds is 8. The molecule has 1 aliphatic carbocycles. The summed E-state index contributed by atoms with van der Waals surface area (Å²) >= 11 is 0. The SMILES string of the molecule is COCCNCCN(C)CC1CCC2(CCCC2)O1. The summed E-state index contributed by atoms with van der Waals surface area (Å²) in [5.74, 6) is 0. The molecule has 1 saturated carbocycles. The summed E-state index contributed by atoms with van der Waals surface area (Å²) in [6.07, 6.45) is 8.33. The molecule has 1 atom stereocenters. The maximum Gasteiger partial charge on any atom is 0.0710 e. The first-order chi connectivity index (χ1) is 9.24. The third kappa shape index (κ3) is 4.71. The molecule has 0 aromatic heterocycles. The summed E-state index contributed by atoms with van der Waals surface area (Å²) in [4.78, 5) is 2.39. The number of likely N-dealkylation sites (N-methyl/N-ethyl adjacent to an activating group) is 1. The Morgan fingerprint density at radius 2 is 2.05 bits per heavy atom. The largest absolute Gasteiger partial charge is 0.383 e. The van der Waals surface area contributed by atoms with Gasteiger partial charge in [-0.15, -0.1) is 0 Å². The van der Waals surface area contributed by atoms with Crippen LogP contribution in [0.4, 0.5) is 0 Å². The topological polar surface area (TPSA) is 33.7 Å². The van der Waals surface area contributed by atoms with E-state index in [9.17, 15) is 0 Å². The van der Waals surface area contributed by atoms with Gasteiger partial charge >= 0.3 is 0 Å². The Bertz CT molecular complexity index is 255. The highest BCUT2D eigenvalue weighted by molar-refractivity contribution is 4.93. The van der Waals surface area contributed by atoms with Gasteiger partial charge in [0.05, 0.1) is 18.3 Å². The zero-order valence-corrected chi connectivity index (χ0v) is 12.6. The second kappa shape index (κ2) is 7.58. The summed E-state index contributed by atoms with van der Waals surface area (Å²) in [5, 5.41) is 3.38. The lowest BCUT2D eigenvalue weighted by Gasteiger charge is -2.26. The van der Waals surface area contributed by atoms with Crippen LogP contribution in [0.3, 0.4) is 0 Å². The smallest absolute Gasteiger partial charge is 0.0710 e. The van der Waals surface area contributed by atoms with E-state index in [1.54, 1.807) is 7.11 Å². The Balaban J connectivity index is 1.57. The molecule has 4 nitrogen and oxygen atoms in total. The van der Waals surface area contributed by atoms with Crippen molar-refractivity contribution in [3.8, 4) is 0 Å². The van der Waals surface area contributed by atoms with Crippen LogP contribution in [0, 0.1) is 0 Å². The van der Waals surface area contributed by atoms with Crippen molar-refractivity contribution in [2.24, 2.45) is 0 Å². The molecule has 0 aromatic rings. The Morgan fingerprint density at radius 3 is 2.79 bits per heavy atom. The predicted molar refractivity (Wildman–Crippen MR) is 77.5 cm³/mol. The maximum atomic E-state index is 6.34. The third-order valence-electron chi connectivity index (χ3n) is 4.52. The number of nitrogens with one attached hydrogen (secondary N) is 1. The Hall–Kier alpha value is -0.160. The number of nitrogens with zero attached hydrogens (tertiary/aromatic N) is 1. The van der Waals surface area contributed by atoms with Crippen LogP contribution in [0.25, 0.3) is 0 Å². The average molecular weight is 270 g/mol. The molecule has 0 aromatic carbocycles. The van der Waals surface area contributed by atoms with E-state index in [-0.39, 0.29) is 5.60 Å². The summed E-state index contributed by atoms with van der Waals surface area (Å²) < 4.78 is 11.4. The summed E-state index contributed by atoms with van der Waals surface area (Å²) in [6, 6.07) is 0. The van der Waals surface area contributed by atoms with E-state index in [1.165, 1.54) is 38.5 Å². The molecule has 1 heterocycles. The van der Waals surface area contributed by atoms with E-state index in [0.29, 0.717) is 6.10 Å². The van der Waals surface area contributed by atoms with Crippen molar-refractivity contribution in [2.75, 3.05) is 46.9 Å². The molecule has 1 spiro atoms. The van der Waals surface area contributed by atoms with Crippen LogP contribution < -0.4 is 5.32 Å². The first kappa shape index (κ1) is 15.2. The van der Waals surface area contributed by atoms with E-state index < -0.39 is 0 Å². The van der Waals surface area contributed by atoms with Crippen LogP contribution in [0.15, 0.2) is 0 Å². The number of ether oxygens (including phenoxy) is 2. The molecule has 1 aliphatic heterocycles. The van der Waals surface area contributed by atoms with Crippen molar-refractivity contribution < 1.29 is 9.47 Å². The quantitative estimate of drug-likeness (QED) is 0.680. The van der Waals surface area contributed by atoms with Gasteiger partial charge in [-0.05, 0) is 32.7 Å². The van der Waals surface area contributed by atoms with Crippen LogP contribution >= 0.6 is 0 Å². The highest BCUT2D eigenvalue weighted by Gasteiger charge is 2.42. The monoisotopic (exact) mass is 270 g/mol. The Morgan fingerprint density at radius 1 is 1.26 bits per heavy atom. The number of methoxy groups -OCH3 is 1. The minimum atomic E-state index is 0.280. The predicted octanol–water partition coefficient (Wildman–Crippen LogP) is 1.65. The van der Waals surface area contributed by atoms with Crippen molar-refractivity contribution >= 4 is 0 Å². The maximum absolute atomic E-state index is 6.34. The van der Waals surface area contributed by atoms with Crippen molar-refractivity contribution in [1.29, 1.82) is 0 Å². The van der Waals surface area contributed by atoms with Crippen molar-refractivity contribution in [2.45, 2.75) is 50.2 Å². The second-order valence-electron chi connectivity index (χ2n) is 6.17. The van der Waals surface area contributed by atoms with Crippen LogP contribution in [-0.2, 0) is 9.47 Å². The molecule has 0 radical (unpaired) electrons. The normalized spacial score (nSPS) is 25.7. The van der Waals surface area contributed by atoms with Gasteiger partial charge in [-0.1, -0.05) is 12.8 Å². The number of hydrogen-bond donors (Lipinski definition) is 1. The zero-order chi connectivity index (χ0) is 13.6. The van der Waals surface area contributed by atoms with Crippen LogP contribution in [0.5, 0.6) is 0 Å². The lowest BCUT2D eigenvalue weighted by Crippen LogP contribution is -2.36. The Labute approximate surface area is 117 Å². The molecule has 1 N–H and O–H groups in total. The fourth-order valence-electron chi connectivity index (χ4n) is 3.42. The van der Waals surface area contributed by atoms with Gasteiger partial charge in [0.15, 0.2) is 0 Å². The van der Waals surface area contributed by atoms with Crippen LogP contribution in [-0.4, -0.2) is 63.5 Å². The zero-order valence-electron chi connectivity index (χ0n) is 12.6. The van der Waals surface area contributed by atoms with Gasteiger partial charge in [-0.3, -0.25) is 0 Å². The van der Waals surface area contributed by atoms with Crippen LogP contribution in [0.2, 0.25) is 0 Å². The van der Waals surface area contributed by atoms with Crippen molar-refractivity contribution in [3.63, 3.8) is 0 Å². The molecule has 112 valence electrons. The lowest BCUT2D eigenvalue weighted by atomic mass is 9.98. The Kier molecular flexibility index (Phi) is 6.07. The molecular weight excluding hydrogens is 240 g/mol. The van der Waals surface area contributed by atoms with E-state index in [4.69, 9.17) is 9.47 Å². The molecule has 2 fully saturated rings. The molecule has 2 aliphatic rings. The van der Waals surface area contributed by atoms with Gasteiger partial charge in [0.25, 0.3) is 0 Å². The van der Waals surface area contributed by atoms with Crippen molar-refractivity contribution in [3.05, 3.63) is 0 Å². The molecule has 0 bridgehead atoms. The molecular formula is C15H30N2O2. The molecule has 1 saturated heterocycles. The fourth-order valence-corrected chi connectivity index (χ4v) is 3.42. The molecule has 4 heteroatoms. The fraction of sp³-hybridized carbons (Fsp3) is 1.00. The average Bonchev–Trinajstić information content (AvgIpc) is 3.00. The standard InChI is InChI=1S/C15H30N2O2/c1-17(11-9-16-10-12-18-2)13-14-5-8-15(19-14)6-3-4-7-15/h14,16H,3-13H2,1-2H3. The first-order valence-corrected chi connectivity index (χ1v) is 7.80. The lowest BCUT2D eigenvalue weighted by molar-refractivity contribution is -0.0449. The van der Waals surface area contributed by atoms with Crippen LogP contribution in [0.1, 0.15) is 38.5 Å². The van der Waals surface area contributed by atoms with Gasteiger partial charge in [-0.2, -0.15) is 0 Å². The van der Waals surface area contributed by atoms with Gasteiger partial charge < -0.3 is 19.7 Å². The van der Waals surface area contributed by atoms with E-state index in [0.717, 1.165) is 32.8 Å². The molecule has 1 unspecified atom stereocenters. The van der Waals surface area contributed by atoms with E-state index in [1.807, 2.05) is 0 Å². The van der Waals surface area contributed by atoms with Gasteiger partial charge in [0.1, 0.15) is 0 Å². The van der Waals surface area contributed by atoms with E-state index >= 15 is 0 Å². The second-order valence-corrected chi connectivity index (χ2v) is 6.17. The van der Waals surface area contributed by atoms with Gasteiger partial charge in [0, 0.05) is 33.3 Å². The minimum Gasteiger partial charge on any atom is -0.383 e. The molecule has 0 amide bonds. The van der Waals surface area contributed by atoms with Gasteiger partial charge in [0.2, 0.25) is 0 Å². The highest BCUT2D eigenvalue weighted by Crippen LogP contribution is 2.43. The summed E-state index contributed by atoms with van der Waals surface area (Å²) in [5.41, 5.74) is 0.280. The van der Waals surface area contributed by atoms with Gasteiger partial charge in [-0.25, -0.2) is 0 Å². The van der Waals surface area contributed by atoms with E-state index in [2.05, 4.69) is 17.3 Å². The highest BCUT2D eigenvalue weighted by atomic mass is 16.5. The summed E-state index contributed by atoms with van der Waals surface area (Å²) in [6.45, 7) is 4.91. The van der Waals surface area contributed by atoms with Crippen molar-refractivity contribution in [1.82, 2.24) is 10.2 Å².